The quantitative estimate of drug-likeness (QED) is 0.943. The SMILES string of the molecule is CN(c1cccc(Br)c1)c1ccnc(CCN)n1. The highest BCUT2D eigenvalue weighted by Gasteiger charge is 2.06. The minimum Gasteiger partial charge on any atom is -0.330 e. The molecule has 0 aliphatic rings. The summed E-state index contributed by atoms with van der Waals surface area (Å²) in [6.07, 6.45) is 2.46. The highest BCUT2D eigenvalue weighted by Crippen LogP contribution is 2.24. The number of hydrogen-bond acceptors (Lipinski definition) is 4. The molecule has 0 bridgehead atoms. The Morgan fingerprint density at radius 1 is 1.33 bits per heavy atom. The molecule has 1 aromatic carbocycles. The van der Waals surface area contributed by atoms with Gasteiger partial charge in [-0.3, -0.25) is 0 Å². The molecule has 0 amide bonds. The van der Waals surface area contributed by atoms with Gasteiger partial charge in [0.15, 0.2) is 0 Å². The summed E-state index contributed by atoms with van der Waals surface area (Å²) in [4.78, 5) is 10.7. The van der Waals surface area contributed by atoms with Crippen molar-refractivity contribution in [2.45, 2.75) is 6.42 Å². The molecule has 0 saturated heterocycles. The van der Waals surface area contributed by atoms with Crippen LogP contribution < -0.4 is 10.6 Å². The Kier molecular flexibility index (Phi) is 4.28. The number of anilines is 2. The van der Waals surface area contributed by atoms with Gasteiger partial charge in [0.25, 0.3) is 0 Å². The molecular weight excluding hydrogens is 292 g/mol. The molecule has 4 nitrogen and oxygen atoms in total. The molecule has 0 saturated carbocycles. The molecule has 0 aliphatic heterocycles. The lowest BCUT2D eigenvalue weighted by Gasteiger charge is -2.18. The van der Waals surface area contributed by atoms with Gasteiger partial charge in [-0.1, -0.05) is 22.0 Å². The zero-order valence-electron chi connectivity index (χ0n) is 10.2. The number of hydrogen-bond donors (Lipinski definition) is 1. The molecule has 0 fully saturated rings. The van der Waals surface area contributed by atoms with Crippen molar-refractivity contribution in [3.8, 4) is 0 Å². The topological polar surface area (TPSA) is 55.0 Å². The van der Waals surface area contributed by atoms with Gasteiger partial charge in [-0.2, -0.15) is 0 Å². The van der Waals surface area contributed by atoms with E-state index in [1.54, 1.807) is 6.20 Å². The monoisotopic (exact) mass is 306 g/mol. The van der Waals surface area contributed by atoms with E-state index in [9.17, 15) is 0 Å². The van der Waals surface area contributed by atoms with Crippen LogP contribution in [0.25, 0.3) is 0 Å². The third kappa shape index (κ3) is 3.05. The van der Waals surface area contributed by atoms with Gasteiger partial charge >= 0.3 is 0 Å². The molecule has 0 spiro atoms. The second-order valence-corrected chi connectivity index (χ2v) is 4.82. The molecule has 18 heavy (non-hydrogen) atoms. The predicted octanol–water partition coefficient (Wildman–Crippen LogP) is 2.51. The Balaban J connectivity index is 2.27. The van der Waals surface area contributed by atoms with Crippen LogP contribution in [-0.2, 0) is 6.42 Å². The standard InChI is InChI=1S/C13H15BrN4/c1-18(11-4-2-3-10(14)9-11)13-6-8-16-12(17-13)5-7-15/h2-4,6,8-9H,5,7,15H2,1H3. The van der Waals surface area contributed by atoms with Gasteiger partial charge in [0.2, 0.25) is 0 Å². The van der Waals surface area contributed by atoms with E-state index in [4.69, 9.17) is 5.73 Å². The first-order valence-corrected chi connectivity index (χ1v) is 6.51. The van der Waals surface area contributed by atoms with Crippen molar-refractivity contribution >= 4 is 27.4 Å². The first-order valence-electron chi connectivity index (χ1n) is 5.72. The molecule has 1 aromatic heterocycles. The van der Waals surface area contributed by atoms with E-state index in [2.05, 4.69) is 25.9 Å². The van der Waals surface area contributed by atoms with Crippen LogP contribution in [0.5, 0.6) is 0 Å². The average Bonchev–Trinajstić information content (AvgIpc) is 2.39. The van der Waals surface area contributed by atoms with E-state index >= 15 is 0 Å². The maximum absolute atomic E-state index is 5.52. The average molecular weight is 307 g/mol. The highest BCUT2D eigenvalue weighted by atomic mass is 79.9. The van der Waals surface area contributed by atoms with Crippen molar-refractivity contribution in [3.63, 3.8) is 0 Å². The van der Waals surface area contributed by atoms with E-state index in [-0.39, 0.29) is 0 Å². The maximum Gasteiger partial charge on any atom is 0.136 e. The third-order valence-corrected chi connectivity index (χ3v) is 3.09. The number of rotatable bonds is 4. The minimum atomic E-state index is 0.560. The van der Waals surface area contributed by atoms with Gasteiger partial charge < -0.3 is 10.6 Å². The first kappa shape index (κ1) is 13.0. The van der Waals surface area contributed by atoms with Crippen molar-refractivity contribution < 1.29 is 0 Å². The Hall–Kier alpha value is -1.46. The van der Waals surface area contributed by atoms with Gasteiger partial charge in [-0.15, -0.1) is 0 Å². The lowest BCUT2D eigenvalue weighted by Crippen LogP contribution is -2.14. The molecule has 2 N–H and O–H groups in total. The van der Waals surface area contributed by atoms with E-state index in [0.29, 0.717) is 13.0 Å². The first-order chi connectivity index (χ1) is 8.70. The summed E-state index contributed by atoms with van der Waals surface area (Å²) in [7, 11) is 1.98. The van der Waals surface area contributed by atoms with E-state index in [1.165, 1.54) is 0 Å². The van der Waals surface area contributed by atoms with Gasteiger partial charge in [0.1, 0.15) is 11.6 Å². The molecule has 0 atom stereocenters. The van der Waals surface area contributed by atoms with Gasteiger partial charge in [0.05, 0.1) is 0 Å². The highest BCUT2D eigenvalue weighted by molar-refractivity contribution is 9.10. The van der Waals surface area contributed by atoms with Crippen LogP contribution in [0.15, 0.2) is 41.0 Å². The third-order valence-electron chi connectivity index (χ3n) is 2.60. The second kappa shape index (κ2) is 5.93. The van der Waals surface area contributed by atoms with E-state index in [1.807, 2.05) is 42.3 Å². The molecule has 0 unspecified atom stereocenters. The summed E-state index contributed by atoms with van der Waals surface area (Å²) < 4.78 is 1.04. The summed E-state index contributed by atoms with van der Waals surface area (Å²) in [5.74, 6) is 1.64. The largest absolute Gasteiger partial charge is 0.330 e. The molecule has 0 aliphatic carbocycles. The fourth-order valence-electron chi connectivity index (χ4n) is 1.64. The summed E-state index contributed by atoms with van der Waals surface area (Å²) in [6, 6.07) is 9.97. The van der Waals surface area contributed by atoms with Gasteiger partial charge in [-0.05, 0) is 30.8 Å². The molecule has 0 radical (unpaired) electrons. The van der Waals surface area contributed by atoms with Crippen LogP contribution in [0.3, 0.4) is 0 Å². The fraction of sp³-hybridized carbons (Fsp3) is 0.231. The summed E-state index contributed by atoms with van der Waals surface area (Å²) in [5.41, 5.74) is 6.59. The second-order valence-electron chi connectivity index (χ2n) is 3.91. The Bertz CT molecular complexity index is 530. The predicted molar refractivity (Wildman–Crippen MR) is 77.0 cm³/mol. The zero-order chi connectivity index (χ0) is 13.0. The van der Waals surface area contributed by atoms with Gasteiger partial charge in [0, 0.05) is 29.8 Å². The zero-order valence-corrected chi connectivity index (χ0v) is 11.8. The fourth-order valence-corrected chi connectivity index (χ4v) is 2.03. The number of nitrogens with zero attached hydrogens (tertiary/aromatic N) is 3. The van der Waals surface area contributed by atoms with Crippen molar-refractivity contribution in [3.05, 3.63) is 46.8 Å². The molecule has 94 valence electrons. The molecule has 5 heteroatoms. The summed E-state index contributed by atoms with van der Waals surface area (Å²) >= 11 is 3.47. The van der Waals surface area contributed by atoms with Crippen molar-refractivity contribution in [2.24, 2.45) is 5.73 Å². The van der Waals surface area contributed by atoms with E-state index < -0.39 is 0 Å². The van der Waals surface area contributed by atoms with Crippen LogP contribution in [0.2, 0.25) is 0 Å². The van der Waals surface area contributed by atoms with Crippen molar-refractivity contribution in [1.29, 1.82) is 0 Å². The summed E-state index contributed by atoms with van der Waals surface area (Å²) in [6.45, 7) is 0.560. The van der Waals surface area contributed by atoms with Crippen LogP contribution in [-0.4, -0.2) is 23.6 Å². The summed E-state index contributed by atoms with van der Waals surface area (Å²) in [5, 5.41) is 0. The van der Waals surface area contributed by atoms with Crippen molar-refractivity contribution in [2.75, 3.05) is 18.5 Å². The Morgan fingerprint density at radius 3 is 2.89 bits per heavy atom. The molecule has 2 rings (SSSR count). The van der Waals surface area contributed by atoms with Crippen LogP contribution in [0, 0.1) is 0 Å². The number of nitrogens with two attached hydrogens (primary N) is 1. The van der Waals surface area contributed by atoms with Gasteiger partial charge in [-0.25, -0.2) is 9.97 Å². The molecule has 2 aromatic rings. The minimum absolute atomic E-state index is 0.560. The van der Waals surface area contributed by atoms with Crippen LogP contribution in [0.1, 0.15) is 5.82 Å². The number of halogens is 1. The van der Waals surface area contributed by atoms with Crippen molar-refractivity contribution in [1.82, 2.24) is 9.97 Å². The molecular formula is C13H15BrN4. The van der Waals surface area contributed by atoms with E-state index in [0.717, 1.165) is 21.8 Å². The lowest BCUT2D eigenvalue weighted by molar-refractivity contribution is 0.862. The Labute approximate surface area is 115 Å². The normalized spacial score (nSPS) is 10.4. The maximum atomic E-state index is 5.52. The lowest BCUT2D eigenvalue weighted by atomic mass is 10.3. The van der Waals surface area contributed by atoms with Crippen LogP contribution >= 0.6 is 15.9 Å². The molecule has 1 heterocycles. The Morgan fingerprint density at radius 2 is 2.17 bits per heavy atom. The number of benzene rings is 1. The smallest absolute Gasteiger partial charge is 0.136 e. The number of aromatic nitrogens is 2. The van der Waals surface area contributed by atoms with Crippen LogP contribution in [0.4, 0.5) is 11.5 Å².